The van der Waals surface area contributed by atoms with E-state index in [4.69, 9.17) is 11.6 Å². The van der Waals surface area contributed by atoms with Gasteiger partial charge in [-0.25, -0.2) is 8.42 Å². The van der Waals surface area contributed by atoms with Crippen LogP contribution in [0.25, 0.3) is 0 Å². The summed E-state index contributed by atoms with van der Waals surface area (Å²) >= 11 is 7.76. The van der Waals surface area contributed by atoms with Crippen molar-refractivity contribution in [2.45, 2.75) is 29.6 Å². The van der Waals surface area contributed by atoms with Gasteiger partial charge in [0.05, 0.1) is 4.90 Å². The van der Waals surface area contributed by atoms with Crippen LogP contribution in [0.1, 0.15) is 18.4 Å². The summed E-state index contributed by atoms with van der Waals surface area (Å²) in [7, 11) is -3.52. The van der Waals surface area contributed by atoms with Crippen molar-refractivity contribution in [3.8, 4) is 0 Å². The number of benzene rings is 2. The molecule has 4 rings (SSSR count). The third-order valence-corrected chi connectivity index (χ3v) is 9.50. The molecule has 2 aromatic rings. The number of aryl methyl sites for hydroxylation is 1. The Balaban J connectivity index is 1.32. The van der Waals surface area contributed by atoms with Gasteiger partial charge in [-0.05, 0) is 68.0 Å². The molecule has 2 aliphatic rings. The molecule has 2 aliphatic heterocycles. The van der Waals surface area contributed by atoms with E-state index in [9.17, 15) is 13.2 Å². The quantitative estimate of drug-likeness (QED) is 0.570. The van der Waals surface area contributed by atoms with Crippen molar-refractivity contribution >= 4 is 45.0 Å². The first-order chi connectivity index (χ1) is 15.8. The molecule has 0 unspecified atom stereocenters. The molecule has 2 heterocycles. The maximum absolute atomic E-state index is 13.1. The molecule has 0 spiro atoms. The molecule has 2 fully saturated rings. The predicted octanol–water partition coefficient (Wildman–Crippen LogP) is 4.12. The number of anilines is 1. The Bertz CT molecular complexity index is 1090. The number of thioether (sulfide) groups is 1. The number of amides is 1. The third kappa shape index (κ3) is 5.34. The average molecular weight is 508 g/mol. The van der Waals surface area contributed by atoms with E-state index in [-0.39, 0.29) is 11.8 Å². The van der Waals surface area contributed by atoms with Crippen molar-refractivity contribution in [2.75, 3.05) is 50.4 Å². The molecule has 0 radical (unpaired) electrons. The molecule has 0 aromatic heterocycles. The Hall–Kier alpha value is -1.74. The highest BCUT2D eigenvalue weighted by atomic mass is 35.5. The van der Waals surface area contributed by atoms with Gasteiger partial charge in [-0.15, -0.1) is 11.8 Å². The van der Waals surface area contributed by atoms with Crippen molar-refractivity contribution in [1.29, 1.82) is 0 Å². The van der Waals surface area contributed by atoms with Gasteiger partial charge in [0.25, 0.3) is 0 Å². The number of hydrogen-bond acceptors (Lipinski definition) is 5. The molecule has 2 saturated heterocycles. The standard InChI is InChI=1S/C24H30ClN3O3S2/c1-18-3-4-20(25)17-23(18)26-13-15-27(16-14-26)24(29)19-9-11-28(12-10-19)33(30,31)22-7-5-21(32-2)6-8-22/h3-8,17,19H,9-16H2,1-2H3. The molecule has 6 nitrogen and oxygen atoms in total. The summed E-state index contributed by atoms with van der Waals surface area (Å²) in [6.45, 7) is 5.71. The highest BCUT2D eigenvalue weighted by Gasteiger charge is 2.34. The molecular weight excluding hydrogens is 478 g/mol. The fourth-order valence-corrected chi connectivity index (χ4v) is 6.63. The smallest absolute Gasteiger partial charge is 0.243 e. The molecule has 0 N–H and O–H groups in total. The van der Waals surface area contributed by atoms with Gasteiger partial charge in [-0.1, -0.05) is 17.7 Å². The van der Waals surface area contributed by atoms with Crippen LogP contribution in [-0.4, -0.2) is 69.1 Å². The number of piperidine rings is 1. The molecule has 0 aliphatic carbocycles. The van der Waals surface area contributed by atoms with Gasteiger partial charge in [0.2, 0.25) is 15.9 Å². The van der Waals surface area contributed by atoms with Crippen LogP contribution in [-0.2, 0) is 14.8 Å². The van der Waals surface area contributed by atoms with E-state index < -0.39 is 10.0 Å². The summed E-state index contributed by atoms with van der Waals surface area (Å²) in [4.78, 5) is 18.7. The summed E-state index contributed by atoms with van der Waals surface area (Å²) in [5, 5.41) is 0.719. The Morgan fingerprint density at radius 3 is 2.21 bits per heavy atom. The summed E-state index contributed by atoms with van der Waals surface area (Å²) in [5.41, 5.74) is 2.30. The van der Waals surface area contributed by atoms with Crippen molar-refractivity contribution in [1.82, 2.24) is 9.21 Å². The monoisotopic (exact) mass is 507 g/mol. The molecule has 178 valence electrons. The zero-order chi connectivity index (χ0) is 23.6. The zero-order valence-electron chi connectivity index (χ0n) is 19.0. The van der Waals surface area contributed by atoms with Gasteiger partial charge < -0.3 is 9.80 Å². The first kappa shape index (κ1) is 24.4. The Morgan fingerprint density at radius 1 is 0.970 bits per heavy atom. The van der Waals surface area contributed by atoms with Crippen LogP contribution in [0.5, 0.6) is 0 Å². The summed E-state index contributed by atoms with van der Waals surface area (Å²) in [6, 6.07) is 12.9. The summed E-state index contributed by atoms with van der Waals surface area (Å²) in [5.74, 6) is 0.0358. The van der Waals surface area contributed by atoms with E-state index in [2.05, 4.69) is 11.8 Å². The topological polar surface area (TPSA) is 60.9 Å². The van der Waals surface area contributed by atoms with Gasteiger partial charge in [0.1, 0.15) is 0 Å². The maximum atomic E-state index is 13.1. The lowest BCUT2D eigenvalue weighted by Gasteiger charge is -2.39. The van der Waals surface area contributed by atoms with Crippen LogP contribution in [0.2, 0.25) is 5.02 Å². The molecule has 1 amide bonds. The molecule has 0 bridgehead atoms. The van der Waals surface area contributed by atoms with Gasteiger partial charge >= 0.3 is 0 Å². The second kappa shape index (κ2) is 10.3. The highest BCUT2D eigenvalue weighted by Crippen LogP contribution is 2.28. The van der Waals surface area contributed by atoms with E-state index in [0.29, 0.717) is 43.9 Å². The number of carbonyl (C=O) groups is 1. The lowest BCUT2D eigenvalue weighted by molar-refractivity contribution is -0.137. The number of carbonyl (C=O) groups excluding carboxylic acids is 1. The van der Waals surface area contributed by atoms with Gasteiger partial charge in [-0.2, -0.15) is 4.31 Å². The van der Waals surface area contributed by atoms with Crippen LogP contribution >= 0.6 is 23.4 Å². The fourth-order valence-electron chi connectivity index (χ4n) is 4.59. The number of nitrogens with zero attached hydrogens (tertiary/aromatic N) is 3. The largest absolute Gasteiger partial charge is 0.368 e. The highest BCUT2D eigenvalue weighted by molar-refractivity contribution is 7.98. The first-order valence-corrected chi connectivity index (χ1v) is 14.3. The second-order valence-corrected chi connectivity index (χ2v) is 11.9. The first-order valence-electron chi connectivity index (χ1n) is 11.2. The van der Waals surface area contributed by atoms with E-state index in [0.717, 1.165) is 28.7 Å². The molecule has 33 heavy (non-hydrogen) atoms. The average Bonchev–Trinajstić information content (AvgIpc) is 2.85. The number of sulfonamides is 1. The second-order valence-electron chi connectivity index (χ2n) is 8.60. The number of piperazine rings is 1. The number of rotatable bonds is 5. The predicted molar refractivity (Wildman–Crippen MR) is 135 cm³/mol. The SMILES string of the molecule is CSc1ccc(S(=O)(=O)N2CCC(C(=O)N3CCN(c4cc(Cl)ccc4C)CC3)CC2)cc1. The lowest BCUT2D eigenvalue weighted by Crippen LogP contribution is -2.52. The normalized spacial score (nSPS) is 18.5. The van der Waals surface area contributed by atoms with Crippen LogP contribution in [0.15, 0.2) is 52.3 Å². The number of hydrogen-bond donors (Lipinski definition) is 0. The molecule has 9 heteroatoms. The van der Waals surface area contributed by atoms with Gasteiger partial charge in [0, 0.05) is 60.8 Å². The lowest BCUT2D eigenvalue weighted by atomic mass is 9.96. The Morgan fingerprint density at radius 2 is 1.61 bits per heavy atom. The van der Waals surface area contributed by atoms with Crippen LogP contribution < -0.4 is 4.90 Å². The number of halogens is 1. The van der Waals surface area contributed by atoms with Crippen molar-refractivity contribution in [3.63, 3.8) is 0 Å². The van der Waals surface area contributed by atoms with Crippen molar-refractivity contribution in [2.24, 2.45) is 5.92 Å². The zero-order valence-corrected chi connectivity index (χ0v) is 21.4. The van der Waals surface area contributed by atoms with Crippen LogP contribution in [0.3, 0.4) is 0 Å². The molecular formula is C24H30ClN3O3S2. The summed E-state index contributed by atoms with van der Waals surface area (Å²) < 4.78 is 27.5. The van der Waals surface area contributed by atoms with Crippen molar-refractivity contribution in [3.05, 3.63) is 53.1 Å². The third-order valence-electron chi connectivity index (χ3n) is 6.60. The minimum absolute atomic E-state index is 0.116. The van der Waals surface area contributed by atoms with E-state index in [1.54, 1.807) is 23.9 Å². The van der Waals surface area contributed by atoms with Crippen LogP contribution in [0, 0.1) is 12.8 Å². The van der Waals surface area contributed by atoms with E-state index >= 15 is 0 Å². The molecule has 0 atom stereocenters. The minimum Gasteiger partial charge on any atom is -0.368 e. The van der Waals surface area contributed by atoms with E-state index in [1.165, 1.54) is 9.87 Å². The minimum atomic E-state index is -3.52. The molecule has 0 saturated carbocycles. The maximum Gasteiger partial charge on any atom is 0.243 e. The molecule has 2 aromatic carbocycles. The summed E-state index contributed by atoms with van der Waals surface area (Å²) in [6.07, 6.45) is 3.09. The van der Waals surface area contributed by atoms with Gasteiger partial charge in [-0.3, -0.25) is 4.79 Å². The van der Waals surface area contributed by atoms with Crippen LogP contribution in [0.4, 0.5) is 5.69 Å². The van der Waals surface area contributed by atoms with E-state index in [1.807, 2.05) is 41.5 Å². The Kier molecular flexibility index (Phi) is 7.58. The van der Waals surface area contributed by atoms with Crippen molar-refractivity contribution < 1.29 is 13.2 Å². The Labute approximate surface area is 205 Å². The van der Waals surface area contributed by atoms with Gasteiger partial charge in [0.15, 0.2) is 0 Å². The fraction of sp³-hybridized carbons (Fsp3) is 0.458.